The Bertz CT molecular complexity index is 629. The van der Waals surface area contributed by atoms with Crippen LogP contribution in [0.5, 0.6) is 5.75 Å². The van der Waals surface area contributed by atoms with E-state index in [2.05, 4.69) is 27.5 Å². The molecule has 6 nitrogen and oxygen atoms in total. The first-order valence-electron chi connectivity index (χ1n) is 7.84. The highest BCUT2D eigenvalue weighted by atomic mass is 16.5. The highest BCUT2D eigenvalue weighted by Crippen LogP contribution is 2.16. The van der Waals surface area contributed by atoms with Crippen molar-refractivity contribution < 1.29 is 9.53 Å². The van der Waals surface area contributed by atoms with E-state index < -0.39 is 0 Å². The number of aromatic nitrogens is 2. The first kappa shape index (κ1) is 16.7. The number of hydrogen-bond donors (Lipinski definition) is 2. The smallest absolute Gasteiger partial charge is 0.274 e. The Balaban J connectivity index is 1.98. The predicted molar refractivity (Wildman–Crippen MR) is 91.0 cm³/mol. The molecule has 0 aliphatic rings. The number of anilines is 2. The van der Waals surface area contributed by atoms with Gasteiger partial charge in [-0.05, 0) is 43.7 Å². The van der Waals surface area contributed by atoms with Gasteiger partial charge in [0.1, 0.15) is 11.4 Å². The molecular formula is C17H22N4O2. The number of benzene rings is 1. The SMILES string of the molecule is CCCCNc1nccc(C(=O)Nc2ccc(OCC)cc2)n1. The van der Waals surface area contributed by atoms with Crippen molar-refractivity contribution in [1.29, 1.82) is 0 Å². The van der Waals surface area contributed by atoms with Crippen molar-refractivity contribution in [3.8, 4) is 5.75 Å². The fraction of sp³-hybridized carbons (Fsp3) is 0.353. The van der Waals surface area contributed by atoms with Gasteiger partial charge in [0.15, 0.2) is 0 Å². The highest BCUT2D eigenvalue weighted by Gasteiger charge is 2.09. The van der Waals surface area contributed by atoms with Gasteiger partial charge in [-0.2, -0.15) is 0 Å². The molecule has 0 fully saturated rings. The van der Waals surface area contributed by atoms with E-state index >= 15 is 0 Å². The molecule has 0 saturated carbocycles. The number of nitrogens with zero attached hydrogens (tertiary/aromatic N) is 2. The van der Waals surface area contributed by atoms with Crippen molar-refractivity contribution in [1.82, 2.24) is 9.97 Å². The van der Waals surface area contributed by atoms with Crippen LogP contribution in [0, 0.1) is 0 Å². The minimum absolute atomic E-state index is 0.268. The molecule has 0 saturated heterocycles. The standard InChI is InChI=1S/C17H22N4O2/c1-3-5-11-18-17-19-12-10-15(21-17)16(22)20-13-6-8-14(9-7-13)23-4-2/h6-10,12H,3-5,11H2,1-2H3,(H,20,22)(H,18,19,21). The second kappa shape index (κ2) is 8.73. The number of unbranched alkanes of at least 4 members (excludes halogenated alkanes) is 1. The molecule has 0 aliphatic carbocycles. The van der Waals surface area contributed by atoms with Crippen molar-refractivity contribution in [2.24, 2.45) is 0 Å². The maximum Gasteiger partial charge on any atom is 0.274 e. The van der Waals surface area contributed by atoms with Crippen LogP contribution < -0.4 is 15.4 Å². The Kier molecular flexibility index (Phi) is 6.35. The fourth-order valence-electron chi connectivity index (χ4n) is 1.94. The molecule has 1 aromatic carbocycles. The van der Waals surface area contributed by atoms with Crippen LogP contribution in [0.25, 0.3) is 0 Å². The summed E-state index contributed by atoms with van der Waals surface area (Å²) < 4.78 is 5.37. The van der Waals surface area contributed by atoms with Crippen LogP contribution in [-0.2, 0) is 0 Å². The quantitative estimate of drug-likeness (QED) is 0.731. The molecule has 0 atom stereocenters. The third-order valence-corrected chi connectivity index (χ3v) is 3.12. The lowest BCUT2D eigenvalue weighted by atomic mass is 10.3. The van der Waals surface area contributed by atoms with Gasteiger partial charge in [-0.1, -0.05) is 13.3 Å². The van der Waals surface area contributed by atoms with E-state index in [1.165, 1.54) is 0 Å². The lowest BCUT2D eigenvalue weighted by Gasteiger charge is -2.08. The fourth-order valence-corrected chi connectivity index (χ4v) is 1.94. The average molecular weight is 314 g/mol. The highest BCUT2D eigenvalue weighted by molar-refractivity contribution is 6.02. The van der Waals surface area contributed by atoms with E-state index in [9.17, 15) is 4.79 Å². The average Bonchev–Trinajstić information content (AvgIpc) is 2.57. The number of carbonyl (C=O) groups is 1. The third-order valence-electron chi connectivity index (χ3n) is 3.12. The molecule has 0 bridgehead atoms. The number of nitrogens with one attached hydrogen (secondary N) is 2. The second-order valence-electron chi connectivity index (χ2n) is 4.96. The molecule has 1 aromatic heterocycles. The van der Waals surface area contributed by atoms with Crippen molar-refractivity contribution in [3.05, 3.63) is 42.2 Å². The number of hydrogen-bond acceptors (Lipinski definition) is 5. The van der Waals surface area contributed by atoms with Gasteiger partial charge in [0.05, 0.1) is 6.61 Å². The van der Waals surface area contributed by atoms with Crippen LogP contribution in [0.3, 0.4) is 0 Å². The first-order valence-corrected chi connectivity index (χ1v) is 7.84. The summed E-state index contributed by atoms with van der Waals surface area (Å²) in [5, 5.41) is 5.92. The van der Waals surface area contributed by atoms with Gasteiger partial charge < -0.3 is 15.4 Å². The van der Waals surface area contributed by atoms with E-state index in [0.29, 0.717) is 23.9 Å². The minimum atomic E-state index is -0.268. The van der Waals surface area contributed by atoms with E-state index in [0.717, 1.165) is 25.1 Å². The summed E-state index contributed by atoms with van der Waals surface area (Å²) >= 11 is 0. The molecule has 0 radical (unpaired) electrons. The zero-order valence-corrected chi connectivity index (χ0v) is 13.5. The monoisotopic (exact) mass is 314 g/mol. The molecular weight excluding hydrogens is 292 g/mol. The number of rotatable bonds is 8. The van der Waals surface area contributed by atoms with Gasteiger partial charge in [-0.3, -0.25) is 4.79 Å². The lowest BCUT2D eigenvalue weighted by molar-refractivity contribution is 0.102. The van der Waals surface area contributed by atoms with Crippen LogP contribution in [0.2, 0.25) is 0 Å². The largest absolute Gasteiger partial charge is 0.494 e. The Hall–Kier alpha value is -2.63. The van der Waals surface area contributed by atoms with E-state index in [1.54, 1.807) is 24.4 Å². The number of amides is 1. The zero-order valence-electron chi connectivity index (χ0n) is 13.5. The Morgan fingerprint density at radius 3 is 2.65 bits per heavy atom. The maximum atomic E-state index is 12.2. The molecule has 6 heteroatoms. The second-order valence-corrected chi connectivity index (χ2v) is 4.96. The van der Waals surface area contributed by atoms with Gasteiger partial charge in [-0.25, -0.2) is 9.97 Å². The molecule has 122 valence electrons. The van der Waals surface area contributed by atoms with Crippen LogP contribution in [0.15, 0.2) is 36.5 Å². The Labute approximate surface area is 136 Å². The predicted octanol–water partition coefficient (Wildman–Crippen LogP) is 3.34. The maximum absolute atomic E-state index is 12.2. The van der Waals surface area contributed by atoms with Crippen LogP contribution in [0.1, 0.15) is 37.2 Å². The van der Waals surface area contributed by atoms with Crippen molar-refractivity contribution in [3.63, 3.8) is 0 Å². The van der Waals surface area contributed by atoms with Crippen LogP contribution in [-0.4, -0.2) is 29.0 Å². The Morgan fingerprint density at radius 2 is 1.96 bits per heavy atom. The summed E-state index contributed by atoms with van der Waals surface area (Å²) in [7, 11) is 0. The topological polar surface area (TPSA) is 76.1 Å². The molecule has 2 aromatic rings. The normalized spacial score (nSPS) is 10.2. The first-order chi connectivity index (χ1) is 11.2. The molecule has 0 unspecified atom stereocenters. The van der Waals surface area contributed by atoms with Gasteiger partial charge >= 0.3 is 0 Å². The molecule has 2 rings (SSSR count). The van der Waals surface area contributed by atoms with Crippen LogP contribution in [0.4, 0.5) is 11.6 Å². The molecule has 1 heterocycles. The van der Waals surface area contributed by atoms with Gasteiger partial charge in [-0.15, -0.1) is 0 Å². The summed E-state index contributed by atoms with van der Waals surface area (Å²) in [6, 6.07) is 8.82. The summed E-state index contributed by atoms with van der Waals surface area (Å²) in [5.74, 6) is 0.975. The van der Waals surface area contributed by atoms with E-state index in [-0.39, 0.29) is 5.91 Å². The van der Waals surface area contributed by atoms with Crippen molar-refractivity contribution in [2.75, 3.05) is 23.8 Å². The van der Waals surface area contributed by atoms with E-state index in [4.69, 9.17) is 4.74 Å². The molecule has 0 aliphatic heterocycles. The third kappa shape index (κ3) is 5.25. The molecule has 23 heavy (non-hydrogen) atoms. The minimum Gasteiger partial charge on any atom is -0.494 e. The molecule has 1 amide bonds. The molecule has 0 spiro atoms. The van der Waals surface area contributed by atoms with Crippen molar-refractivity contribution >= 4 is 17.5 Å². The number of carbonyl (C=O) groups excluding carboxylic acids is 1. The lowest BCUT2D eigenvalue weighted by Crippen LogP contribution is -2.15. The number of ether oxygens (including phenoxy) is 1. The Morgan fingerprint density at radius 1 is 1.17 bits per heavy atom. The van der Waals surface area contributed by atoms with E-state index in [1.807, 2.05) is 19.1 Å². The summed E-state index contributed by atoms with van der Waals surface area (Å²) in [5.41, 5.74) is 1.02. The summed E-state index contributed by atoms with van der Waals surface area (Å²) in [4.78, 5) is 20.6. The van der Waals surface area contributed by atoms with Gasteiger partial charge in [0.2, 0.25) is 5.95 Å². The van der Waals surface area contributed by atoms with Crippen LogP contribution >= 0.6 is 0 Å². The molecule has 2 N–H and O–H groups in total. The zero-order chi connectivity index (χ0) is 16.5. The summed E-state index contributed by atoms with van der Waals surface area (Å²) in [6.45, 7) is 5.45. The van der Waals surface area contributed by atoms with Gasteiger partial charge in [0, 0.05) is 18.4 Å². The summed E-state index contributed by atoms with van der Waals surface area (Å²) in [6.07, 6.45) is 3.70. The van der Waals surface area contributed by atoms with Crippen molar-refractivity contribution in [2.45, 2.75) is 26.7 Å². The van der Waals surface area contributed by atoms with Gasteiger partial charge in [0.25, 0.3) is 5.91 Å².